The van der Waals surface area contributed by atoms with Crippen molar-refractivity contribution in [2.45, 2.75) is 43.5 Å². The summed E-state index contributed by atoms with van der Waals surface area (Å²) in [7, 11) is 3.72. The van der Waals surface area contributed by atoms with E-state index in [2.05, 4.69) is 26.0 Å². The minimum atomic E-state index is -1.15. The van der Waals surface area contributed by atoms with Crippen molar-refractivity contribution >= 4 is 49.8 Å². The van der Waals surface area contributed by atoms with Crippen molar-refractivity contribution in [2.24, 2.45) is 14.1 Å². The first-order valence-corrected chi connectivity index (χ1v) is 16.8. The van der Waals surface area contributed by atoms with Gasteiger partial charge in [0, 0.05) is 49.9 Å². The van der Waals surface area contributed by atoms with Crippen LogP contribution in [0.25, 0.3) is 55.3 Å². The summed E-state index contributed by atoms with van der Waals surface area (Å²) in [4.78, 5) is 18.8. The lowest BCUT2D eigenvalue weighted by Crippen LogP contribution is -2.44. The first kappa shape index (κ1) is 31.1. The summed E-state index contributed by atoms with van der Waals surface area (Å²) in [6.07, 6.45) is 8.89. The van der Waals surface area contributed by atoms with E-state index in [0.29, 0.717) is 81.7 Å². The number of anilines is 1. The van der Waals surface area contributed by atoms with Crippen LogP contribution in [0.5, 0.6) is 6.01 Å². The molecule has 50 heavy (non-hydrogen) atoms. The Morgan fingerprint density at radius 2 is 2.04 bits per heavy atom. The number of aliphatic hydroxyl groups is 1. The molecule has 0 aliphatic carbocycles. The average Bonchev–Trinajstić information content (AvgIpc) is 3.87. The Balaban J connectivity index is 1.29. The molecule has 0 saturated carbocycles. The van der Waals surface area contributed by atoms with Gasteiger partial charge >= 0.3 is 6.01 Å². The van der Waals surface area contributed by atoms with Gasteiger partial charge in [-0.1, -0.05) is 5.92 Å². The van der Waals surface area contributed by atoms with Crippen LogP contribution in [0.15, 0.2) is 18.3 Å². The Morgan fingerprint density at radius 1 is 1.18 bits per heavy atom. The molecule has 0 bridgehead atoms. The lowest BCUT2D eigenvalue weighted by Gasteiger charge is -2.31. The minimum absolute atomic E-state index is 0.0800. The van der Waals surface area contributed by atoms with E-state index in [1.807, 2.05) is 23.6 Å². The van der Waals surface area contributed by atoms with Gasteiger partial charge in [0.05, 0.1) is 59.0 Å². The average molecular weight is 683 g/mol. The molecule has 0 spiro atoms. The second kappa shape index (κ2) is 11.0. The van der Waals surface area contributed by atoms with Gasteiger partial charge in [-0.3, -0.25) is 14.7 Å². The predicted molar refractivity (Wildman–Crippen MR) is 183 cm³/mol. The Labute approximate surface area is 285 Å². The minimum Gasteiger partial charge on any atom is -0.461 e. The molecule has 15 heteroatoms. The summed E-state index contributed by atoms with van der Waals surface area (Å²) >= 11 is 0. The van der Waals surface area contributed by atoms with E-state index in [1.54, 1.807) is 23.9 Å². The standard InChI is InChI=1S/C35H36F2N10O3/c1-5-20-22(37)7-8-23-24(20)25(21-14-38-42-30(21)39-23)27-29-28(45(4)43-27)26-31(44(29)3)40-33(41-32(26)46-11-12-49-17-34(2,48)16-46)50-18-35-9-6-10-47(35)15-19(36)13-35/h1,7-8,14,19,48H,6,9-13,15-18H2,2-4H3,(H,38,39,42)/t19-,34+,35+/m1/s1. The monoisotopic (exact) mass is 682 g/mol. The molecular formula is C35H36F2N10O3. The van der Waals surface area contributed by atoms with Crippen LogP contribution in [0, 0.1) is 18.2 Å². The van der Waals surface area contributed by atoms with Crippen molar-refractivity contribution < 1.29 is 23.4 Å². The molecule has 8 heterocycles. The van der Waals surface area contributed by atoms with Crippen LogP contribution < -0.4 is 9.64 Å². The third kappa shape index (κ3) is 4.58. The number of fused-ring (bicyclic) bond motifs is 6. The van der Waals surface area contributed by atoms with Crippen molar-refractivity contribution in [3.63, 3.8) is 0 Å². The fourth-order valence-corrected chi connectivity index (χ4v) is 8.48. The van der Waals surface area contributed by atoms with Gasteiger partial charge in [-0.25, -0.2) is 13.8 Å². The van der Waals surface area contributed by atoms with E-state index in [4.69, 9.17) is 31.0 Å². The molecule has 5 aromatic heterocycles. The Morgan fingerprint density at radius 3 is 2.88 bits per heavy atom. The first-order chi connectivity index (χ1) is 24.1. The van der Waals surface area contributed by atoms with Gasteiger partial charge < -0.3 is 24.0 Å². The van der Waals surface area contributed by atoms with E-state index >= 15 is 4.39 Å². The van der Waals surface area contributed by atoms with Gasteiger partial charge in [0.15, 0.2) is 11.3 Å². The maximum absolute atomic E-state index is 15.3. The van der Waals surface area contributed by atoms with E-state index in [0.717, 1.165) is 24.9 Å². The van der Waals surface area contributed by atoms with Crippen LogP contribution in [-0.4, -0.2) is 113 Å². The fourth-order valence-electron chi connectivity index (χ4n) is 8.48. The lowest BCUT2D eigenvalue weighted by atomic mass is 9.95. The number of hydrogen-bond donors (Lipinski definition) is 2. The molecule has 0 unspecified atom stereocenters. The Hall–Kier alpha value is -4.91. The molecular weight excluding hydrogens is 646 g/mol. The highest BCUT2D eigenvalue weighted by molar-refractivity contribution is 6.19. The van der Waals surface area contributed by atoms with E-state index in [9.17, 15) is 9.50 Å². The number of aromatic nitrogens is 8. The number of aryl methyl sites for hydroxylation is 2. The fraction of sp³-hybridized carbons (Fsp3) is 0.457. The van der Waals surface area contributed by atoms with Crippen molar-refractivity contribution in [3.8, 4) is 29.6 Å². The number of ether oxygens (including phenoxy) is 2. The number of terminal acetylenes is 1. The summed E-state index contributed by atoms with van der Waals surface area (Å²) in [6.45, 7) is 4.51. The maximum Gasteiger partial charge on any atom is 0.320 e. The summed E-state index contributed by atoms with van der Waals surface area (Å²) in [6, 6.07) is 3.07. The number of nitrogens with zero attached hydrogens (tertiary/aromatic N) is 9. The molecule has 1 aromatic carbocycles. The topological polar surface area (TPSA) is 135 Å². The van der Waals surface area contributed by atoms with Gasteiger partial charge in [0.25, 0.3) is 0 Å². The third-order valence-electron chi connectivity index (χ3n) is 10.6. The van der Waals surface area contributed by atoms with Crippen molar-refractivity contribution in [3.05, 3.63) is 29.7 Å². The number of halogens is 2. The molecule has 2 N–H and O–H groups in total. The number of alkyl halides is 1. The molecule has 3 atom stereocenters. The number of rotatable bonds is 5. The molecule has 0 radical (unpaired) electrons. The number of pyridine rings is 1. The second-order valence-corrected chi connectivity index (χ2v) is 14.2. The zero-order valence-electron chi connectivity index (χ0n) is 28.0. The van der Waals surface area contributed by atoms with Gasteiger partial charge in [-0.2, -0.15) is 20.2 Å². The lowest BCUT2D eigenvalue weighted by molar-refractivity contribution is -0.0123. The number of aromatic amines is 1. The highest BCUT2D eigenvalue weighted by Crippen LogP contribution is 2.44. The normalized spacial score (nSPS) is 24.5. The largest absolute Gasteiger partial charge is 0.461 e. The molecule has 0 amide bonds. The molecule has 3 aliphatic heterocycles. The third-order valence-corrected chi connectivity index (χ3v) is 10.6. The molecule has 13 nitrogen and oxygen atoms in total. The summed E-state index contributed by atoms with van der Waals surface area (Å²) in [5.41, 5.74) is 2.65. The van der Waals surface area contributed by atoms with Crippen LogP contribution in [0.3, 0.4) is 0 Å². The van der Waals surface area contributed by atoms with E-state index < -0.39 is 23.1 Å². The highest BCUT2D eigenvalue weighted by atomic mass is 19.1. The Bertz CT molecular complexity index is 2390. The van der Waals surface area contributed by atoms with Gasteiger partial charge in [0.2, 0.25) is 0 Å². The van der Waals surface area contributed by atoms with Crippen LogP contribution in [0.2, 0.25) is 0 Å². The SMILES string of the molecule is C#Cc1c(F)ccc2nc3[nH]ncc3c(-c3nn(C)c4c5c(N6CCOC[C@@](C)(O)C6)nc(OC[C@@]67CCCN6C[C@H](F)C7)nc5n(C)c34)c12. The smallest absolute Gasteiger partial charge is 0.320 e. The Kier molecular flexibility index (Phi) is 6.87. The van der Waals surface area contributed by atoms with Crippen molar-refractivity contribution in [1.82, 2.24) is 44.4 Å². The number of β-amino-alcohol motifs (C(OH)–C–C–N with tert-alkyl or cyclic N) is 1. The molecule has 9 rings (SSSR count). The quantitative estimate of drug-likeness (QED) is 0.260. The molecule has 3 saturated heterocycles. The van der Waals surface area contributed by atoms with Gasteiger partial charge in [-0.15, -0.1) is 6.42 Å². The van der Waals surface area contributed by atoms with Crippen molar-refractivity contribution in [2.75, 3.05) is 50.9 Å². The maximum atomic E-state index is 15.3. The number of H-pyrrole nitrogens is 1. The zero-order chi connectivity index (χ0) is 34.5. The summed E-state index contributed by atoms with van der Waals surface area (Å²) < 4.78 is 45.8. The van der Waals surface area contributed by atoms with Crippen LogP contribution >= 0.6 is 0 Å². The van der Waals surface area contributed by atoms with E-state index in [-0.39, 0.29) is 31.3 Å². The number of nitrogens with one attached hydrogen (secondary N) is 1. The van der Waals surface area contributed by atoms with E-state index in [1.165, 1.54) is 6.07 Å². The first-order valence-electron chi connectivity index (χ1n) is 16.8. The van der Waals surface area contributed by atoms with Crippen molar-refractivity contribution in [1.29, 1.82) is 0 Å². The highest BCUT2D eigenvalue weighted by Gasteiger charge is 2.49. The summed E-state index contributed by atoms with van der Waals surface area (Å²) in [5.74, 6) is 2.55. The van der Waals surface area contributed by atoms with Crippen LogP contribution in [-0.2, 0) is 18.8 Å². The van der Waals surface area contributed by atoms with Crippen LogP contribution in [0.1, 0.15) is 31.7 Å². The second-order valence-electron chi connectivity index (χ2n) is 14.2. The molecule has 6 aromatic rings. The molecule has 3 fully saturated rings. The van der Waals surface area contributed by atoms with Gasteiger partial charge in [0.1, 0.15) is 35.7 Å². The summed E-state index contributed by atoms with van der Waals surface area (Å²) in [5, 5.41) is 25.2. The predicted octanol–water partition coefficient (Wildman–Crippen LogP) is 3.61. The van der Waals surface area contributed by atoms with Gasteiger partial charge in [-0.05, 0) is 38.4 Å². The van der Waals surface area contributed by atoms with Crippen LogP contribution in [0.4, 0.5) is 14.6 Å². The number of hydrogen-bond acceptors (Lipinski definition) is 10. The zero-order valence-corrected chi connectivity index (χ0v) is 28.0. The molecule has 3 aliphatic rings. The molecule has 258 valence electrons. The number of benzene rings is 1.